The third-order valence-electron chi connectivity index (χ3n) is 3.38. The highest BCUT2D eigenvalue weighted by Gasteiger charge is 2.23. The molecular formula is C16H11NO3. The number of hydrogen-bond donors (Lipinski definition) is 0. The number of ketones is 1. The van der Waals surface area contributed by atoms with Crippen molar-refractivity contribution in [3.8, 4) is 0 Å². The van der Waals surface area contributed by atoms with E-state index in [-0.39, 0.29) is 11.5 Å². The van der Waals surface area contributed by atoms with Crippen LogP contribution >= 0.6 is 0 Å². The van der Waals surface area contributed by atoms with Crippen LogP contribution in [0, 0.1) is 10.1 Å². The molecular weight excluding hydrogens is 254 g/mol. The Hall–Kier alpha value is -2.75. The number of Topliss-reactive ketones (excluding diaryl/α,β-unsaturated/α-hetero) is 1. The number of allylic oxidation sites excluding steroid dienone is 1. The third-order valence-corrected chi connectivity index (χ3v) is 3.38. The van der Waals surface area contributed by atoms with Gasteiger partial charge in [0, 0.05) is 29.7 Å². The van der Waals surface area contributed by atoms with Gasteiger partial charge in [-0.3, -0.25) is 14.9 Å². The van der Waals surface area contributed by atoms with Crippen molar-refractivity contribution in [2.24, 2.45) is 0 Å². The van der Waals surface area contributed by atoms with Crippen LogP contribution in [0.3, 0.4) is 0 Å². The fourth-order valence-electron chi connectivity index (χ4n) is 2.36. The van der Waals surface area contributed by atoms with Crippen molar-refractivity contribution in [3.63, 3.8) is 0 Å². The monoisotopic (exact) mass is 265 g/mol. The standard InChI is InChI=1S/C16H11NO3/c18-16-13(10-12-3-1-2-4-15(12)16)9-11-5-7-14(8-6-11)17(19)20/h1-9H,10H2/b13-9+. The molecule has 0 radical (unpaired) electrons. The zero-order chi connectivity index (χ0) is 14.1. The summed E-state index contributed by atoms with van der Waals surface area (Å²) in [7, 11) is 0. The third kappa shape index (κ3) is 2.12. The number of fused-ring (bicyclic) bond motifs is 1. The second kappa shape index (κ2) is 4.74. The number of nitro benzene ring substituents is 1. The lowest BCUT2D eigenvalue weighted by atomic mass is 10.1. The summed E-state index contributed by atoms with van der Waals surface area (Å²) in [5, 5.41) is 10.6. The molecule has 4 heteroatoms. The Bertz CT molecular complexity index is 730. The quantitative estimate of drug-likeness (QED) is 0.475. The number of carbonyl (C=O) groups is 1. The van der Waals surface area contributed by atoms with E-state index in [4.69, 9.17) is 0 Å². The van der Waals surface area contributed by atoms with Crippen molar-refractivity contribution in [1.29, 1.82) is 0 Å². The van der Waals surface area contributed by atoms with Gasteiger partial charge in [0.2, 0.25) is 0 Å². The second-order valence-corrected chi connectivity index (χ2v) is 4.68. The second-order valence-electron chi connectivity index (χ2n) is 4.68. The number of rotatable bonds is 2. The van der Waals surface area contributed by atoms with E-state index in [0.717, 1.165) is 22.3 Å². The van der Waals surface area contributed by atoms with E-state index in [0.29, 0.717) is 6.42 Å². The maximum absolute atomic E-state index is 12.2. The van der Waals surface area contributed by atoms with E-state index in [9.17, 15) is 14.9 Å². The van der Waals surface area contributed by atoms with Crippen LogP contribution in [0.2, 0.25) is 0 Å². The van der Waals surface area contributed by atoms with Gasteiger partial charge in [-0.15, -0.1) is 0 Å². The number of hydrogen-bond acceptors (Lipinski definition) is 3. The highest BCUT2D eigenvalue weighted by Crippen LogP contribution is 2.27. The molecule has 0 unspecified atom stereocenters. The van der Waals surface area contributed by atoms with Gasteiger partial charge in [-0.1, -0.05) is 24.3 Å². The smallest absolute Gasteiger partial charge is 0.269 e. The first-order valence-corrected chi connectivity index (χ1v) is 6.23. The fraction of sp³-hybridized carbons (Fsp3) is 0.0625. The van der Waals surface area contributed by atoms with E-state index in [1.807, 2.05) is 24.3 Å². The maximum atomic E-state index is 12.2. The van der Waals surface area contributed by atoms with Gasteiger partial charge in [0.15, 0.2) is 5.78 Å². The topological polar surface area (TPSA) is 60.2 Å². The Morgan fingerprint density at radius 3 is 2.40 bits per heavy atom. The highest BCUT2D eigenvalue weighted by molar-refractivity contribution is 6.15. The van der Waals surface area contributed by atoms with Crippen LogP contribution in [0.15, 0.2) is 54.1 Å². The molecule has 2 aromatic rings. The average molecular weight is 265 g/mol. The molecule has 0 fully saturated rings. The Morgan fingerprint density at radius 1 is 1.05 bits per heavy atom. The molecule has 98 valence electrons. The number of non-ortho nitro benzene ring substituents is 1. The van der Waals surface area contributed by atoms with Crippen LogP contribution in [0.25, 0.3) is 6.08 Å². The minimum Gasteiger partial charge on any atom is -0.289 e. The van der Waals surface area contributed by atoms with Crippen molar-refractivity contribution in [2.75, 3.05) is 0 Å². The molecule has 0 amide bonds. The lowest BCUT2D eigenvalue weighted by Gasteiger charge is -1.97. The van der Waals surface area contributed by atoms with Crippen molar-refractivity contribution >= 4 is 17.5 Å². The normalized spacial score (nSPS) is 15.4. The van der Waals surface area contributed by atoms with Crippen LogP contribution in [-0.2, 0) is 6.42 Å². The highest BCUT2D eigenvalue weighted by atomic mass is 16.6. The van der Waals surface area contributed by atoms with E-state index >= 15 is 0 Å². The first-order valence-electron chi connectivity index (χ1n) is 6.23. The zero-order valence-electron chi connectivity index (χ0n) is 10.6. The zero-order valence-corrected chi connectivity index (χ0v) is 10.6. The van der Waals surface area contributed by atoms with Gasteiger partial charge < -0.3 is 0 Å². The van der Waals surface area contributed by atoms with Crippen molar-refractivity contribution in [3.05, 3.63) is 80.9 Å². The lowest BCUT2D eigenvalue weighted by Crippen LogP contribution is -1.95. The molecule has 0 heterocycles. The van der Waals surface area contributed by atoms with Crippen LogP contribution in [-0.4, -0.2) is 10.7 Å². The molecule has 3 rings (SSSR count). The minimum atomic E-state index is -0.437. The summed E-state index contributed by atoms with van der Waals surface area (Å²) >= 11 is 0. The summed E-state index contributed by atoms with van der Waals surface area (Å²) in [5.74, 6) is 0.0407. The Morgan fingerprint density at radius 2 is 1.75 bits per heavy atom. The molecule has 0 saturated heterocycles. The summed E-state index contributed by atoms with van der Waals surface area (Å²) < 4.78 is 0. The summed E-state index contributed by atoms with van der Waals surface area (Å²) in [4.78, 5) is 22.4. The first kappa shape index (κ1) is 12.3. The molecule has 0 N–H and O–H groups in total. The number of nitro groups is 1. The minimum absolute atomic E-state index is 0.0407. The van der Waals surface area contributed by atoms with Crippen LogP contribution in [0.1, 0.15) is 21.5 Å². The van der Waals surface area contributed by atoms with Crippen LogP contribution in [0.4, 0.5) is 5.69 Å². The fourth-order valence-corrected chi connectivity index (χ4v) is 2.36. The summed E-state index contributed by atoms with van der Waals surface area (Å²) in [6.07, 6.45) is 2.41. The van der Waals surface area contributed by atoms with E-state index < -0.39 is 4.92 Å². The molecule has 0 atom stereocenters. The van der Waals surface area contributed by atoms with Crippen molar-refractivity contribution in [2.45, 2.75) is 6.42 Å². The van der Waals surface area contributed by atoms with Crippen molar-refractivity contribution < 1.29 is 9.72 Å². The molecule has 0 spiro atoms. The van der Waals surface area contributed by atoms with Gasteiger partial charge in [-0.05, 0) is 29.3 Å². The number of carbonyl (C=O) groups excluding carboxylic acids is 1. The van der Waals surface area contributed by atoms with Crippen molar-refractivity contribution in [1.82, 2.24) is 0 Å². The molecule has 1 aliphatic rings. The largest absolute Gasteiger partial charge is 0.289 e. The van der Waals surface area contributed by atoms with E-state index in [1.165, 1.54) is 12.1 Å². The molecule has 1 aliphatic carbocycles. The van der Waals surface area contributed by atoms with Gasteiger partial charge in [-0.2, -0.15) is 0 Å². The van der Waals surface area contributed by atoms with E-state index in [1.54, 1.807) is 18.2 Å². The lowest BCUT2D eigenvalue weighted by molar-refractivity contribution is -0.384. The molecule has 0 bridgehead atoms. The van der Waals surface area contributed by atoms with Gasteiger partial charge >= 0.3 is 0 Å². The Balaban J connectivity index is 1.91. The molecule has 0 saturated carbocycles. The van der Waals surface area contributed by atoms with Crippen LogP contribution < -0.4 is 0 Å². The van der Waals surface area contributed by atoms with Gasteiger partial charge in [-0.25, -0.2) is 0 Å². The predicted molar refractivity (Wildman–Crippen MR) is 75.5 cm³/mol. The van der Waals surface area contributed by atoms with Gasteiger partial charge in [0.05, 0.1) is 4.92 Å². The molecule has 4 nitrogen and oxygen atoms in total. The number of benzene rings is 2. The molecule has 0 aromatic heterocycles. The Kier molecular flexibility index (Phi) is 2.91. The SMILES string of the molecule is O=C1/C(=C/c2ccc([N+](=O)[O-])cc2)Cc2ccccc21. The first-order chi connectivity index (χ1) is 9.65. The summed E-state index contributed by atoms with van der Waals surface area (Å²) in [6, 6.07) is 13.7. The van der Waals surface area contributed by atoms with E-state index in [2.05, 4.69) is 0 Å². The van der Waals surface area contributed by atoms with Gasteiger partial charge in [0.25, 0.3) is 5.69 Å². The predicted octanol–water partition coefficient (Wildman–Crippen LogP) is 3.42. The summed E-state index contributed by atoms with van der Waals surface area (Å²) in [5.41, 5.74) is 3.35. The average Bonchev–Trinajstić information content (AvgIpc) is 2.77. The maximum Gasteiger partial charge on any atom is 0.269 e. The number of nitrogens with zero attached hydrogens (tertiary/aromatic N) is 1. The van der Waals surface area contributed by atoms with Crippen LogP contribution in [0.5, 0.6) is 0 Å². The van der Waals surface area contributed by atoms with Gasteiger partial charge in [0.1, 0.15) is 0 Å². The molecule has 2 aromatic carbocycles. The molecule has 0 aliphatic heterocycles. The summed E-state index contributed by atoms with van der Waals surface area (Å²) in [6.45, 7) is 0. The Labute approximate surface area is 115 Å². The molecule has 20 heavy (non-hydrogen) atoms.